The maximum atomic E-state index is 12.1. The van der Waals surface area contributed by atoms with Crippen LogP contribution in [0.4, 0.5) is 0 Å². The van der Waals surface area contributed by atoms with Crippen LogP contribution in [0.3, 0.4) is 0 Å². The van der Waals surface area contributed by atoms with E-state index in [-0.39, 0.29) is 18.4 Å². The van der Waals surface area contributed by atoms with Crippen molar-refractivity contribution in [3.05, 3.63) is 65.2 Å². The monoisotopic (exact) mass is 396 g/mol. The summed E-state index contributed by atoms with van der Waals surface area (Å²) in [7, 11) is 0. The number of ether oxygens (including phenoxy) is 1. The summed E-state index contributed by atoms with van der Waals surface area (Å²) in [6.45, 7) is 6.48. The molecule has 3 N–H and O–H groups in total. The third-order valence-electron chi connectivity index (χ3n) is 5.11. The van der Waals surface area contributed by atoms with Gasteiger partial charge in [0.1, 0.15) is 12.3 Å². The Morgan fingerprint density at radius 1 is 0.931 bits per heavy atom. The third kappa shape index (κ3) is 6.61. The lowest BCUT2D eigenvalue weighted by molar-refractivity contribution is -0.901. The zero-order valence-corrected chi connectivity index (χ0v) is 17.0. The average Bonchev–Trinajstić information content (AvgIpc) is 3.25. The number of amides is 2. The van der Waals surface area contributed by atoms with E-state index in [0.29, 0.717) is 18.7 Å². The van der Waals surface area contributed by atoms with Crippen molar-refractivity contribution in [3.8, 4) is 5.75 Å². The van der Waals surface area contributed by atoms with Crippen molar-refractivity contribution in [2.24, 2.45) is 0 Å². The molecule has 6 nitrogen and oxygen atoms in total. The summed E-state index contributed by atoms with van der Waals surface area (Å²) >= 11 is 0. The quantitative estimate of drug-likeness (QED) is 0.599. The molecule has 1 aliphatic rings. The van der Waals surface area contributed by atoms with Crippen molar-refractivity contribution in [2.45, 2.75) is 32.9 Å². The zero-order chi connectivity index (χ0) is 20.5. The van der Waals surface area contributed by atoms with E-state index < -0.39 is 0 Å². The first kappa shape index (κ1) is 20.9. The van der Waals surface area contributed by atoms with Gasteiger partial charge in [-0.05, 0) is 36.8 Å². The van der Waals surface area contributed by atoms with E-state index in [0.717, 1.165) is 17.9 Å². The Bertz CT molecular complexity index is 797. The topological polar surface area (TPSA) is 71.9 Å². The molecule has 1 fully saturated rings. The van der Waals surface area contributed by atoms with Gasteiger partial charge in [0, 0.05) is 30.5 Å². The predicted octanol–water partition coefficient (Wildman–Crippen LogP) is 1.31. The molecule has 0 unspecified atom stereocenters. The summed E-state index contributed by atoms with van der Waals surface area (Å²) in [5.74, 6) is 0.224. The van der Waals surface area contributed by atoms with Gasteiger partial charge >= 0.3 is 0 Å². The molecule has 6 heteroatoms. The molecule has 1 heterocycles. The fraction of sp³-hybridized carbons (Fsp3) is 0.391. The Labute approximate surface area is 172 Å². The summed E-state index contributed by atoms with van der Waals surface area (Å²) in [5, 5.41) is 5.49. The van der Waals surface area contributed by atoms with Gasteiger partial charge in [0.2, 0.25) is 5.91 Å². The summed E-state index contributed by atoms with van der Waals surface area (Å²) in [5.41, 5.74) is 2.88. The molecule has 0 aliphatic carbocycles. The van der Waals surface area contributed by atoms with Crippen LogP contribution >= 0.6 is 0 Å². The van der Waals surface area contributed by atoms with Crippen LogP contribution in [0.2, 0.25) is 0 Å². The van der Waals surface area contributed by atoms with E-state index in [1.807, 2.05) is 6.92 Å². The highest BCUT2D eigenvalue weighted by Crippen LogP contribution is 2.11. The maximum absolute atomic E-state index is 12.1. The number of hydrogen-bond donors (Lipinski definition) is 3. The van der Waals surface area contributed by atoms with Crippen LogP contribution in [0, 0.1) is 0 Å². The summed E-state index contributed by atoms with van der Waals surface area (Å²) in [4.78, 5) is 25.8. The highest BCUT2D eigenvalue weighted by atomic mass is 16.5. The second-order valence-corrected chi connectivity index (χ2v) is 7.37. The SMILES string of the molecule is CCOc1ccc(C(=O)NCC(=O)NCc2ccc(C[NH+]3CCCC3)cc2)cc1. The number of carbonyl (C=O) groups is 2. The summed E-state index contributed by atoms with van der Waals surface area (Å²) in [6.07, 6.45) is 2.66. The van der Waals surface area contributed by atoms with Gasteiger partial charge in [0.05, 0.1) is 26.2 Å². The molecule has 0 spiro atoms. The lowest BCUT2D eigenvalue weighted by Crippen LogP contribution is -3.08. The number of carbonyl (C=O) groups excluding carboxylic acids is 2. The smallest absolute Gasteiger partial charge is 0.251 e. The van der Waals surface area contributed by atoms with E-state index in [1.165, 1.54) is 31.5 Å². The number of benzene rings is 2. The van der Waals surface area contributed by atoms with Crippen LogP contribution in [-0.2, 0) is 17.9 Å². The summed E-state index contributed by atoms with van der Waals surface area (Å²) < 4.78 is 5.36. The Kier molecular flexibility index (Phi) is 7.64. The maximum Gasteiger partial charge on any atom is 0.251 e. The van der Waals surface area contributed by atoms with E-state index >= 15 is 0 Å². The van der Waals surface area contributed by atoms with Crippen LogP contribution < -0.4 is 20.3 Å². The highest BCUT2D eigenvalue weighted by Gasteiger charge is 2.15. The van der Waals surface area contributed by atoms with Crippen LogP contribution in [0.25, 0.3) is 0 Å². The van der Waals surface area contributed by atoms with Crippen LogP contribution in [0.15, 0.2) is 48.5 Å². The third-order valence-corrected chi connectivity index (χ3v) is 5.11. The van der Waals surface area contributed by atoms with Gasteiger partial charge in [-0.15, -0.1) is 0 Å². The van der Waals surface area contributed by atoms with Crippen LogP contribution in [0.1, 0.15) is 41.3 Å². The van der Waals surface area contributed by atoms with E-state index in [2.05, 4.69) is 34.9 Å². The largest absolute Gasteiger partial charge is 0.494 e. The molecule has 0 saturated carbocycles. The predicted molar refractivity (Wildman–Crippen MR) is 112 cm³/mol. The van der Waals surface area contributed by atoms with Crippen LogP contribution in [-0.4, -0.2) is 38.1 Å². The number of likely N-dealkylation sites (tertiary alicyclic amines) is 1. The molecule has 0 aromatic heterocycles. The second-order valence-electron chi connectivity index (χ2n) is 7.37. The Morgan fingerprint density at radius 3 is 2.24 bits per heavy atom. The fourth-order valence-corrected chi connectivity index (χ4v) is 3.51. The number of nitrogens with one attached hydrogen (secondary N) is 3. The molecule has 0 atom stereocenters. The zero-order valence-electron chi connectivity index (χ0n) is 17.0. The molecule has 3 rings (SSSR count). The van der Waals surface area contributed by atoms with Gasteiger partial charge in [-0.1, -0.05) is 24.3 Å². The molecule has 0 radical (unpaired) electrons. The Morgan fingerprint density at radius 2 is 1.59 bits per heavy atom. The first-order valence-corrected chi connectivity index (χ1v) is 10.3. The molecule has 1 aliphatic heterocycles. The van der Waals surface area contributed by atoms with Gasteiger partial charge in [-0.25, -0.2) is 0 Å². The van der Waals surface area contributed by atoms with Crippen LogP contribution in [0.5, 0.6) is 5.75 Å². The second kappa shape index (κ2) is 10.6. The van der Waals surface area contributed by atoms with E-state index in [4.69, 9.17) is 4.74 Å². The molecule has 1 saturated heterocycles. The number of rotatable bonds is 9. The number of hydrogen-bond acceptors (Lipinski definition) is 3. The van der Waals surface area contributed by atoms with Crippen molar-refractivity contribution in [1.29, 1.82) is 0 Å². The van der Waals surface area contributed by atoms with Crippen molar-refractivity contribution in [3.63, 3.8) is 0 Å². The molecule has 29 heavy (non-hydrogen) atoms. The first-order chi connectivity index (χ1) is 14.1. The van der Waals surface area contributed by atoms with E-state index in [1.54, 1.807) is 29.2 Å². The minimum atomic E-state index is -0.281. The molecular formula is C23H30N3O3+. The van der Waals surface area contributed by atoms with Crippen molar-refractivity contribution in [2.75, 3.05) is 26.2 Å². The Hall–Kier alpha value is -2.86. The minimum Gasteiger partial charge on any atom is -0.494 e. The molecule has 2 amide bonds. The van der Waals surface area contributed by atoms with Crippen molar-refractivity contribution >= 4 is 11.8 Å². The normalized spacial score (nSPS) is 13.8. The average molecular weight is 397 g/mol. The van der Waals surface area contributed by atoms with E-state index in [9.17, 15) is 9.59 Å². The molecule has 2 aromatic carbocycles. The lowest BCUT2D eigenvalue weighted by Gasteiger charge is -2.12. The summed E-state index contributed by atoms with van der Waals surface area (Å²) in [6, 6.07) is 15.3. The van der Waals surface area contributed by atoms with Gasteiger partial charge < -0.3 is 20.3 Å². The molecule has 154 valence electrons. The number of quaternary nitrogens is 1. The Balaban J connectivity index is 1.38. The van der Waals surface area contributed by atoms with Gasteiger partial charge in [0.15, 0.2) is 0 Å². The van der Waals surface area contributed by atoms with Crippen molar-refractivity contribution < 1.29 is 19.2 Å². The van der Waals surface area contributed by atoms with Crippen molar-refractivity contribution in [1.82, 2.24) is 10.6 Å². The van der Waals surface area contributed by atoms with Gasteiger partial charge in [-0.2, -0.15) is 0 Å². The van der Waals surface area contributed by atoms with Gasteiger partial charge in [-0.3, -0.25) is 9.59 Å². The lowest BCUT2D eigenvalue weighted by atomic mass is 10.1. The first-order valence-electron chi connectivity index (χ1n) is 10.3. The fourth-order valence-electron chi connectivity index (χ4n) is 3.51. The highest BCUT2D eigenvalue weighted by molar-refractivity contribution is 5.96. The van der Waals surface area contributed by atoms with Gasteiger partial charge in [0.25, 0.3) is 5.91 Å². The standard InChI is InChI=1S/C23H29N3O3/c1-2-29-21-11-9-20(10-12-21)23(28)25-16-22(27)24-15-18-5-7-19(8-6-18)17-26-13-3-4-14-26/h5-12H,2-4,13-17H2,1H3,(H,24,27)(H,25,28)/p+1. The minimum absolute atomic E-state index is 0.0531. The molecular weight excluding hydrogens is 366 g/mol. The molecule has 2 aromatic rings. The molecule has 0 bridgehead atoms.